The van der Waals surface area contributed by atoms with E-state index in [1.54, 1.807) is 20.1 Å². The number of halogens is 1. The molecule has 0 saturated heterocycles. The van der Waals surface area contributed by atoms with Crippen molar-refractivity contribution in [2.75, 3.05) is 18.2 Å². The smallest absolute Gasteiger partial charge is 0.236 e. The molecule has 2 heterocycles. The molecule has 2 aromatic heterocycles. The third-order valence-electron chi connectivity index (χ3n) is 4.77. The average molecular weight is 500 g/mol. The summed E-state index contributed by atoms with van der Waals surface area (Å²) >= 11 is 7.61. The number of ether oxygens (including phenoxy) is 2. The fourth-order valence-electron chi connectivity index (χ4n) is 3.02. The van der Waals surface area contributed by atoms with Crippen molar-refractivity contribution in [3.63, 3.8) is 0 Å². The maximum Gasteiger partial charge on any atom is 0.236 e. The van der Waals surface area contributed by atoms with Crippen molar-refractivity contribution >= 4 is 35.1 Å². The molecule has 0 bridgehead atoms. The molecule has 0 spiro atoms. The second-order valence-corrected chi connectivity index (χ2v) is 8.64. The molecule has 0 aliphatic heterocycles. The van der Waals surface area contributed by atoms with Crippen LogP contribution in [0.1, 0.15) is 17.1 Å². The molecule has 2 aromatic carbocycles. The highest BCUT2D eigenvalue weighted by Crippen LogP contribution is 2.27. The van der Waals surface area contributed by atoms with Crippen LogP contribution in [0.15, 0.2) is 58.2 Å². The highest BCUT2D eigenvalue weighted by Gasteiger charge is 2.18. The van der Waals surface area contributed by atoms with Gasteiger partial charge in [0.2, 0.25) is 5.91 Å². The summed E-state index contributed by atoms with van der Waals surface area (Å²) in [6.07, 6.45) is 0. The van der Waals surface area contributed by atoms with Gasteiger partial charge in [0, 0.05) is 11.1 Å². The highest BCUT2D eigenvalue weighted by molar-refractivity contribution is 7.99. The minimum Gasteiger partial charge on any atom is -0.497 e. The molecule has 0 saturated carbocycles. The first kappa shape index (κ1) is 23.7. The number of carbonyl (C=O) groups excluding carboxylic acids is 1. The van der Waals surface area contributed by atoms with Gasteiger partial charge < -0.3 is 19.3 Å². The van der Waals surface area contributed by atoms with E-state index in [0.29, 0.717) is 33.3 Å². The van der Waals surface area contributed by atoms with Crippen LogP contribution in [0, 0.1) is 13.8 Å². The van der Waals surface area contributed by atoms with Gasteiger partial charge in [-0.3, -0.25) is 9.36 Å². The Labute approximate surface area is 205 Å². The van der Waals surface area contributed by atoms with E-state index in [2.05, 4.69) is 20.7 Å². The lowest BCUT2D eigenvalue weighted by Crippen LogP contribution is -2.15. The number of nitrogens with one attached hydrogen (secondary N) is 1. The van der Waals surface area contributed by atoms with E-state index in [0.717, 1.165) is 17.0 Å². The molecule has 0 fully saturated rings. The Balaban J connectivity index is 1.53. The maximum absolute atomic E-state index is 12.4. The first-order chi connectivity index (χ1) is 16.4. The third-order valence-corrected chi connectivity index (χ3v) is 6.11. The number of aryl methyl sites for hydroxylation is 2. The van der Waals surface area contributed by atoms with Crippen LogP contribution in [0.2, 0.25) is 5.02 Å². The molecule has 0 unspecified atom stereocenters. The number of hydrogen-bond donors (Lipinski definition) is 1. The molecule has 0 atom stereocenters. The van der Waals surface area contributed by atoms with Crippen LogP contribution in [-0.2, 0) is 11.4 Å². The van der Waals surface area contributed by atoms with Gasteiger partial charge >= 0.3 is 0 Å². The van der Waals surface area contributed by atoms with Gasteiger partial charge in [-0.2, -0.15) is 0 Å². The summed E-state index contributed by atoms with van der Waals surface area (Å²) < 4.78 is 17.9. The number of rotatable bonds is 9. The van der Waals surface area contributed by atoms with Crippen LogP contribution in [0.25, 0.3) is 5.69 Å². The summed E-state index contributed by atoms with van der Waals surface area (Å²) in [5, 5.41) is 16.2. The van der Waals surface area contributed by atoms with Crippen molar-refractivity contribution in [1.29, 1.82) is 0 Å². The van der Waals surface area contributed by atoms with Gasteiger partial charge in [-0.15, -0.1) is 10.2 Å². The van der Waals surface area contributed by atoms with Gasteiger partial charge in [0.25, 0.3) is 0 Å². The number of amides is 1. The molecule has 11 heteroatoms. The lowest BCUT2D eigenvalue weighted by molar-refractivity contribution is -0.113. The van der Waals surface area contributed by atoms with Crippen LogP contribution in [0.4, 0.5) is 5.82 Å². The zero-order chi connectivity index (χ0) is 24.1. The van der Waals surface area contributed by atoms with E-state index in [1.165, 1.54) is 11.8 Å². The SMILES string of the molecule is COc1ccc(OCc2nnc(SCC(=O)Nc3cc(C)on3)n2-c2ccc(C)c(Cl)c2)cc1. The summed E-state index contributed by atoms with van der Waals surface area (Å²) in [4.78, 5) is 12.4. The van der Waals surface area contributed by atoms with Gasteiger partial charge in [-0.1, -0.05) is 34.6 Å². The number of thioether (sulfide) groups is 1. The summed E-state index contributed by atoms with van der Waals surface area (Å²) in [5.74, 6) is 2.79. The minimum absolute atomic E-state index is 0.100. The Morgan fingerprint density at radius 3 is 2.56 bits per heavy atom. The predicted octanol–water partition coefficient (Wildman–Crippen LogP) is 4.84. The molecule has 34 heavy (non-hydrogen) atoms. The molecular formula is C23H22ClN5O4S. The quantitative estimate of drug-likeness (QED) is 0.326. The van der Waals surface area contributed by atoms with E-state index >= 15 is 0 Å². The number of carbonyl (C=O) groups is 1. The number of aromatic nitrogens is 4. The lowest BCUT2D eigenvalue weighted by Gasteiger charge is -2.12. The number of nitrogens with zero attached hydrogens (tertiary/aromatic N) is 4. The maximum atomic E-state index is 12.4. The second-order valence-electron chi connectivity index (χ2n) is 7.29. The topological polar surface area (TPSA) is 104 Å². The Kier molecular flexibility index (Phi) is 7.39. The Hall–Kier alpha value is -3.50. The van der Waals surface area contributed by atoms with Crippen molar-refractivity contribution in [3.05, 3.63) is 70.7 Å². The largest absolute Gasteiger partial charge is 0.497 e. The van der Waals surface area contributed by atoms with Crippen LogP contribution in [-0.4, -0.2) is 38.7 Å². The summed E-state index contributed by atoms with van der Waals surface area (Å²) in [5.41, 5.74) is 1.72. The first-order valence-corrected chi connectivity index (χ1v) is 11.6. The molecule has 0 aliphatic carbocycles. The van der Waals surface area contributed by atoms with E-state index in [1.807, 2.05) is 54.0 Å². The number of hydrogen-bond acceptors (Lipinski definition) is 8. The van der Waals surface area contributed by atoms with Crippen LogP contribution in [0.3, 0.4) is 0 Å². The molecular weight excluding hydrogens is 478 g/mol. The summed E-state index contributed by atoms with van der Waals surface area (Å²) in [6.45, 7) is 3.84. The second kappa shape index (κ2) is 10.6. The molecule has 176 valence electrons. The Morgan fingerprint density at radius 1 is 1.12 bits per heavy atom. The summed E-state index contributed by atoms with van der Waals surface area (Å²) in [7, 11) is 1.61. The lowest BCUT2D eigenvalue weighted by atomic mass is 10.2. The fraction of sp³-hybridized carbons (Fsp3) is 0.217. The van der Waals surface area contributed by atoms with Gasteiger partial charge in [-0.05, 0) is 55.8 Å². The number of benzene rings is 2. The van der Waals surface area contributed by atoms with E-state index in [4.69, 9.17) is 25.6 Å². The molecule has 1 amide bonds. The zero-order valence-corrected chi connectivity index (χ0v) is 20.3. The van der Waals surface area contributed by atoms with Crippen molar-refractivity contribution in [2.24, 2.45) is 0 Å². The standard InChI is InChI=1S/C23H22ClN5O4S/c1-14-4-5-16(11-19(14)24)29-21(12-32-18-8-6-17(31-3)7-9-18)26-27-23(29)34-13-22(30)25-20-10-15(2)33-28-20/h4-11H,12-13H2,1-3H3,(H,25,28,30). The fourth-order valence-corrected chi connectivity index (χ4v) is 3.97. The predicted molar refractivity (Wildman–Crippen MR) is 129 cm³/mol. The van der Waals surface area contributed by atoms with Crippen LogP contribution in [0.5, 0.6) is 11.5 Å². The zero-order valence-electron chi connectivity index (χ0n) is 18.7. The van der Waals surface area contributed by atoms with E-state index in [-0.39, 0.29) is 18.3 Å². The van der Waals surface area contributed by atoms with Crippen molar-refractivity contribution in [2.45, 2.75) is 25.6 Å². The normalized spacial score (nSPS) is 10.8. The molecule has 0 radical (unpaired) electrons. The Bertz CT molecular complexity index is 1290. The van der Waals surface area contributed by atoms with E-state index in [9.17, 15) is 4.79 Å². The minimum atomic E-state index is -0.245. The molecule has 4 aromatic rings. The monoisotopic (exact) mass is 499 g/mol. The highest BCUT2D eigenvalue weighted by atomic mass is 35.5. The molecule has 4 rings (SSSR count). The van der Waals surface area contributed by atoms with E-state index < -0.39 is 0 Å². The number of methoxy groups -OCH3 is 1. The van der Waals surface area contributed by atoms with Gasteiger partial charge in [0.1, 0.15) is 23.9 Å². The van der Waals surface area contributed by atoms with Crippen molar-refractivity contribution < 1.29 is 18.8 Å². The number of anilines is 1. The average Bonchev–Trinajstić information content (AvgIpc) is 3.44. The summed E-state index contributed by atoms with van der Waals surface area (Å²) in [6, 6.07) is 14.6. The molecule has 9 nitrogen and oxygen atoms in total. The van der Waals surface area contributed by atoms with Crippen molar-refractivity contribution in [1.82, 2.24) is 19.9 Å². The van der Waals surface area contributed by atoms with Crippen molar-refractivity contribution in [3.8, 4) is 17.2 Å². The van der Waals surface area contributed by atoms with Gasteiger partial charge in [0.15, 0.2) is 16.8 Å². The van der Waals surface area contributed by atoms with Crippen LogP contribution < -0.4 is 14.8 Å². The van der Waals surface area contributed by atoms with Crippen LogP contribution >= 0.6 is 23.4 Å². The third kappa shape index (κ3) is 5.70. The molecule has 1 N–H and O–H groups in total. The Morgan fingerprint density at radius 2 is 1.88 bits per heavy atom. The van der Waals surface area contributed by atoms with Gasteiger partial charge in [0.05, 0.1) is 18.6 Å². The molecule has 0 aliphatic rings. The van der Waals surface area contributed by atoms with Gasteiger partial charge in [-0.25, -0.2) is 0 Å². The first-order valence-electron chi connectivity index (χ1n) is 10.3.